The van der Waals surface area contributed by atoms with Crippen LogP contribution in [0.1, 0.15) is 58.8 Å². The predicted molar refractivity (Wildman–Crippen MR) is 68.5 cm³/mol. The molecule has 1 unspecified atom stereocenters. The van der Waals surface area contributed by atoms with E-state index < -0.39 is 0 Å². The molecule has 0 rings (SSSR count). The fourth-order valence-corrected chi connectivity index (χ4v) is 2.23. The highest BCUT2D eigenvalue weighted by atomic mass is 15.2. The molecule has 2 nitrogen and oxygen atoms in total. The second-order valence-electron chi connectivity index (χ2n) is 4.33. The number of hydrogen-bond donors (Lipinski definition) is 2. The monoisotopic (exact) mass is 212 g/mol. The van der Waals surface area contributed by atoms with E-state index in [2.05, 4.69) is 25.9 Å². The third-order valence-corrected chi connectivity index (χ3v) is 3.03. The highest BCUT2D eigenvalue weighted by Gasteiger charge is 2.17. The second-order valence-corrected chi connectivity index (χ2v) is 4.33. The number of nitrogens with two attached hydrogens (primary N) is 1. The van der Waals surface area contributed by atoms with E-state index in [1.807, 2.05) is 6.08 Å². The Morgan fingerprint density at radius 1 is 1.20 bits per heavy atom. The van der Waals surface area contributed by atoms with Gasteiger partial charge in [0, 0.05) is 6.04 Å². The van der Waals surface area contributed by atoms with Gasteiger partial charge in [-0.2, -0.15) is 0 Å². The van der Waals surface area contributed by atoms with E-state index >= 15 is 0 Å². The number of hydrazine groups is 1. The number of allylic oxidation sites excluding steroid dienone is 1. The minimum atomic E-state index is 0.491. The molecule has 0 radical (unpaired) electrons. The normalized spacial score (nSPS) is 13.1. The lowest BCUT2D eigenvalue weighted by Gasteiger charge is -2.26. The summed E-state index contributed by atoms with van der Waals surface area (Å²) in [5.74, 6) is 6.39. The first-order valence-corrected chi connectivity index (χ1v) is 6.37. The Bertz CT molecular complexity index is 139. The summed E-state index contributed by atoms with van der Waals surface area (Å²) in [6.45, 7) is 8.25. The third-order valence-electron chi connectivity index (χ3n) is 3.03. The van der Waals surface area contributed by atoms with Crippen molar-refractivity contribution in [3.8, 4) is 0 Å². The Hall–Kier alpha value is -0.340. The molecule has 0 heterocycles. The summed E-state index contributed by atoms with van der Waals surface area (Å²) >= 11 is 0. The van der Waals surface area contributed by atoms with Gasteiger partial charge in [0.2, 0.25) is 0 Å². The topological polar surface area (TPSA) is 38.0 Å². The van der Waals surface area contributed by atoms with Crippen LogP contribution in [0.3, 0.4) is 0 Å². The molecule has 15 heavy (non-hydrogen) atoms. The lowest BCUT2D eigenvalue weighted by Crippen LogP contribution is -2.40. The molecule has 0 spiro atoms. The van der Waals surface area contributed by atoms with Gasteiger partial charge in [-0.1, -0.05) is 32.8 Å². The molecule has 3 N–H and O–H groups in total. The van der Waals surface area contributed by atoms with Crippen molar-refractivity contribution in [1.29, 1.82) is 0 Å². The summed E-state index contributed by atoms with van der Waals surface area (Å²) in [6, 6.07) is 0.491. The van der Waals surface area contributed by atoms with Gasteiger partial charge < -0.3 is 0 Å². The van der Waals surface area contributed by atoms with Crippen molar-refractivity contribution in [3.05, 3.63) is 12.7 Å². The molecule has 1 atom stereocenters. The summed E-state index contributed by atoms with van der Waals surface area (Å²) in [5, 5.41) is 0. The van der Waals surface area contributed by atoms with Crippen molar-refractivity contribution < 1.29 is 0 Å². The Labute approximate surface area is 95.3 Å². The van der Waals surface area contributed by atoms with Gasteiger partial charge in [0.05, 0.1) is 0 Å². The van der Waals surface area contributed by atoms with E-state index in [-0.39, 0.29) is 0 Å². The quantitative estimate of drug-likeness (QED) is 0.252. The van der Waals surface area contributed by atoms with E-state index in [0.717, 1.165) is 12.3 Å². The average Bonchev–Trinajstić information content (AvgIpc) is 2.24. The summed E-state index contributed by atoms with van der Waals surface area (Å²) in [4.78, 5) is 0. The van der Waals surface area contributed by atoms with Crippen LogP contribution in [-0.2, 0) is 0 Å². The molecule has 0 aliphatic carbocycles. The molecule has 2 heteroatoms. The van der Waals surface area contributed by atoms with Crippen molar-refractivity contribution in [2.45, 2.75) is 64.8 Å². The highest BCUT2D eigenvalue weighted by molar-refractivity contribution is 4.76. The van der Waals surface area contributed by atoms with Crippen molar-refractivity contribution in [2.24, 2.45) is 11.8 Å². The lowest BCUT2D eigenvalue weighted by molar-refractivity contribution is 0.295. The fourth-order valence-electron chi connectivity index (χ4n) is 2.23. The van der Waals surface area contributed by atoms with Crippen LogP contribution in [0.2, 0.25) is 0 Å². The van der Waals surface area contributed by atoms with E-state index in [1.165, 1.54) is 38.5 Å². The maximum Gasteiger partial charge on any atom is 0.0238 e. The highest BCUT2D eigenvalue weighted by Crippen LogP contribution is 2.21. The molecule has 0 saturated heterocycles. The van der Waals surface area contributed by atoms with Gasteiger partial charge in [-0.15, -0.1) is 6.58 Å². The van der Waals surface area contributed by atoms with E-state index in [1.54, 1.807) is 0 Å². The molecule has 0 aromatic carbocycles. The van der Waals surface area contributed by atoms with E-state index in [4.69, 9.17) is 5.84 Å². The molecular weight excluding hydrogens is 184 g/mol. The molecule has 0 aromatic heterocycles. The van der Waals surface area contributed by atoms with Gasteiger partial charge in [-0.25, -0.2) is 0 Å². The summed E-state index contributed by atoms with van der Waals surface area (Å²) in [6.07, 6.45) is 10.5. The first kappa shape index (κ1) is 14.7. The van der Waals surface area contributed by atoms with Gasteiger partial charge in [0.15, 0.2) is 0 Å². The van der Waals surface area contributed by atoms with Gasteiger partial charge in [-0.05, 0) is 38.0 Å². The lowest BCUT2D eigenvalue weighted by atomic mass is 9.88. The Morgan fingerprint density at radius 3 is 2.20 bits per heavy atom. The zero-order valence-electron chi connectivity index (χ0n) is 10.5. The predicted octanol–water partition coefficient (Wildman–Crippen LogP) is 3.39. The molecule has 0 aliphatic heterocycles. The smallest absolute Gasteiger partial charge is 0.0238 e. The van der Waals surface area contributed by atoms with E-state index in [9.17, 15) is 0 Å². The minimum absolute atomic E-state index is 0.491. The SMILES string of the molecule is C=CCCCC(NN)C(CCC)CCC. The number of rotatable bonds is 10. The number of hydrogen-bond acceptors (Lipinski definition) is 2. The average molecular weight is 212 g/mol. The molecule has 0 aromatic rings. The van der Waals surface area contributed by atoms with Gasteiger partial charge in [-0.3, -0.25) is 11.3 Å². The first-order chi connectivity index (χ1) is 7.29. The molecule has 0 saturated carbocycles. The Balaban J connectivity index is 3.98. The van der Waals surface area contributed by atoms with Crippen LogP contribution >= 0.6 is 0 Å². The summed E-state index contributed by atoms with van der Waals surface area (Å²) in [5.41, 5.74) is 3.00. The minimum Gasteiger partial charge on any atom is -0.271 e. The van der Waals surface area contributed by atoms with E-state index in [0.29, 0.717) is 6.04 Å². The zero-order chi connectivity index (χ0) is 11.5. The molecule has 0 fully saturated rings. The second kappa shape index (κ2) is 10.2. The standard InChI is InChI=1S/C13H28N2/c1-4-7-8-11-13(15-14)12(9-5-2)10-6-3/h4,12-13,15H,1,5-11,14H2,2-3H3. The van der Waals surface area contributed by atoms with Crippen molar-refractivity contribution in [1.82, 2.24) is 5.43 Å². The van der Waals surface area contributed by atoms with Crippen LogP contribution in [0.5, 0.6) is 0 Å². The third kappa shape index (κ3) is 6.69. The molecule has 0 bridgehead atoms. The van der Waals surface area contributed by atoms with Crippen LogP contribution < -0.4 is 11.3 Å². The van der Waals surface area contributed by atoms with Crippen molar-refractivity contribution in [3.63, 3.8) is 0 Å². The molecular formula is C13H28N2. The Morgan fingerprint density at radius 2 is 1.80 bits per heavy atom. The Kier molecular flexibility index (Phi) is 9.96. The van der Waals surface area contributed by atoms with Gasteiger partial charge in [0.1, 0.15) is 0 Å². The van der Waals surface area contributed by atoms with Crippen LogP contribution in [-0.4, -0.2) is 6.04 Å². The number of nitrogens with one attached hydrogen (secondary N) is 1. The molecule has 90 valence electrons. The van der Waals surface area contributed by atoms with Crippen molar-refractivity contribution in [2.75, 3.05) is 0 Å². The van der Waals surface area contributed by atoms with Crippen LogP contribution in [0.4, 0.5) is 0 Å². The van der Waals surface area contributed by atoms with Crippen LogP contribution in [0.25, 0.3) is 0 Å². The largest absolute Gasteiger partial charge is 0.271 e. The van der Waals surface area contributed by atoms with Crippen LogP contribution in [0, 0.1) is 5.92 Å². The first-order valence-electron chi connectivity index (χ1n) is 6.37. The summed E-state index contributed by atoms with van der Waals surface area (Å²) < 4.78 is 0. The van der Waals surface area contributed by atoms with Crippen molar-refractivity contribution >= 4 is 0 Å². The summed E-state index contributed by atoms with van der Waals surface area (Å²) in [7, 11) is 0. The number of unbranched alkanes of at least 4 members (excludes halogenated alkanes) is 1. The maximum atomic E-state index is 5.64. The van der Waals surface area contributed by atoms with Gasteiger partial charge in [0.25, 0.3) is 0 Å². The fraction of sp³-hybridized carbons (Fsp3) is 0.846. The zero-order valence-corrected chi connectivity index (χ0v) is 10.5. The van der Waals surface area contributed by atoms with Gasteiger partial charge >= 0.3 is 0 Å². The molecule has 0 amide bonds. The maximum absolute atomic E-state index is 5.64. The van der Waals surface area contributed by atoms with Crippen LogP contribution in [0.15, 0.2) is 12.7 Å². The molecule has 0 aliphatic rings.